The van der Waals surface area contributed by atoms with Gasteiger partial charge in [-0.05, 0) is 35.9 Å². The lowest BCUT2D eigenvalue weighted by molar-refractivity contribution is -0.117. The largest absolute Gasteiger partial charge is 0.346 e. The number of benzene rings is 1. The van der Waals surface area contributed by atoms with Gasteiger partial charge in [0.2, 0.25) is 5.91 Å². The Morgan fingerprint density at radius 1 is 1.27 bits per heavy atom. The number of amides is 1. The zero-order valence-electron chi connectivity index (χ0n) is 12.5. The Balaban J connectivity index is 1.88. The zero-order valence-corrected chi connectivity index (χ0v) is 13.3. The molecule has 0 bridgehead atoms. The van der Waals surface area contributed by atoms with Gasteiger partial charge in [0.25, 0.3) is 0 Å². The molecule has 0 saturated carbocycles. The monoisotopic (exact) mass is 311 g/mol. The summed E-state index contributed by atoms with van der Waals surface area (Å²) in [6, 6.07) is 9.65. The molecular weight excluding hydrogens is 294 g/mol. The minimum Gasteiger partial charge on any atom is -0.346 e. The predicted octanol–water partition coefficient (Wildman–Crippen LogP) is 3.49. The Morgan fingerprint density at radius 3 is 2.73 bits per heavy atom. The molecule has 112 valence electrons. The highest BCUT2D eigenvalue weighted by molar-refractivity contribution is 7.81. The van der Waals surface area contributed by atoms with Gasteiger partial charge in [-0.3, -0.25) is 9.78 Å². The van der Waals surface area contributed by atoms with Gasteiger partial charge in [0.1, 0.15) is 4.99 Å². The van der Waals surface area contributed by atoms with Gasteiger partial charge >= 0.3 is 0 Å². The standard InChI is InChI=1S/C17H17N3OS/c1-17(2)10-15(21)20-14-4-3-12(9-13(14)17)19-16(22)11-5-7-18-8-6-11/h3-9H,10H2,1-2H3,(H,19,22)(H,20,21). The van der Waals surface area contributed by atoms with E-state index in [-0.39, 0.29) is 11.3 Å². The maximum atomic E-state index is 11.7. The van der Waals surface area contributed by atoms with Crippen molar-refractivity contribution in [3.63, 3.8) is 0 Å². The minimum atomic E-state index is -0.187. The molecule has 4 nitrogen and oxygen atoms in total. The molecule has 1 aromatic carbocycles. The quantitative estimate of drug-likeness (QED) is 0.834. The van der Waals surface area contributed by atoms with Gasteiger partial charge in [-0.1, -0.05) is 26.1 Å². The minimum absolute atomic E-state index is 0.0607. The van der Waals surface area contributed by atoms with Crippen LogP contribution < -0.4 is 10.6 Å². The molecule has 2 heterocycles. The Bertz CT molecular complexity index is 741. The molecule has 0 aliphatic carbocycles. The molecule has 2 N–H and O–H groups in total. The summed E-state index contributed by atoms with van der Waals surface area (Å²) in [5.41, 5.74) is 3.66. The van der Waals surface area contributed by atoms with Crippen molar-refractivity contribution in [3.05, 3.63) is 53.9 Å². The van der Waals surface area contributed by atoms with E-state index in [2.05, 4.69) is 35.5 Å². The van der Waals surface area contributed by atoms with Gasteiger partial charge in [0.15, 0.2) is 0 Å². The third kappa shape index (κ3) is 2.85. The zero-order chi connectivity index (χ0) is 15.7. The molecule has 1 amide bonds. The molecule has 0 saturated heterocycles. The number of thiocarbonyl (C=S) groups is 1. The van der Waals surface area contributed by atoms with E-state index >= 15 is 0 Å². The Labute approximate surface area is 135 Å². The van der Waals surface area contributed by atoms with Crippen LogP contribution in [0.4, 0.5) is 11.4 Å². The lowest BCUT2D eigenvalue weighted by atomic mass is 9.78. The number of aromatic nitrogens is 1. The molecule has 0 unspecified atom stereocenters. The van der Waals surface area contributed by atoms with Crippen molar-refractivity contribution in [3.8, 4) is 0 Å². The van der Waals surface area contributed by atoms with Crippen LogP contribution in [-0.4, -0.2) is 15.9 Å². The van der Waals surface area contributed by atoms with Crippen molar-refractivity contribution in [1.82, 2.24) is 4.98 Å². The van der Waals surface area contributed by atoms with E-state index in [0.717, 1.165) is 22.5 Å². The maximum absolute atomic E-state index is 11.7. The topological polar surface area (TPSA) is 54.0 Å². The van der Waals surface area contributed by atoms with Crippen LogP contribution in [-0.2, 0) is 10.2 Å². The van der Waals surface area contributed by atoms with Crippen molar-refractivity contribution in [1.29, 1.82) is 0 Å². The number of nitrogens with zero attached hydrogens (tertiary/aromatic N) is 1. The van der Waals surface area contributed by atoms with Gasteiger partial charge < -0.3 is 10.6 Å². The smallest absolute Gasteiger partial charge is 0.225 e. The lowest BCUT2D eigenvalue weighted by Gasteiger charge is -2.32. The van der Waals surface area contributed by atoms with Crippen molar-refractivity contribution < 1.29 is 4.79 Å². The van der Waals surface area contributed by atoms with Crippen LogP contribution in [0.15, 0.2) is 42.7 Å². The molecule has 22 heavy (non-hydrogen) atoms. The second-order valence-corrected chi connectivity index (χ2v) is 6.47. The van der Waals surface area contributed by atoms with Gasteiger partial charge in [-0.25, -0.2) is 0 Å². The van der Waals surface area contributed by atoms with Crippen molar-refractivity contribution in [2.45, 2.75) is 25.7 Å². The lowest BCUT2D eigenvalue weighted by Crippen LogP contribution is -2.32. The average Bonchev–Trinajstić information content (AvgIpc) is 2.48. The average molecular weight is 311 g/mol. The Kier molecular flexibility index (Phi) is 3.66. The van der Waals surface area contributed by atoms with Crippen LogP contribution in [0.5, 0.6) is 0 Å². The fraction of sp³-hybridized carbons (Fsp3) is 0.235. The summed E-state index contributed by atoms with van der Waals surface area (Å²) in [6.45, 7) is 4.16. The van der Waals surface area contributed by atoms with Crippen LogP contribution in [0.1, 0.15) is 31.4 Å². The third-order valence-corrected chi connectivity index (χ3v) is 4.16. The van der Waals surface area contributed by atoms with E-state index in [0.29, 0.717) is 11.4 Å². The van der Waals surface area contributed by atoms with Gasteiger partial charge in [0.05, 0.1) is 0 Å². The van der Waals surface area contributed by atoms with Crippen molar-refractivity contribution in [2.24, 2.45) is 0 Å². The molecule has 1 aromatic heterocycles. The highest BCUT2D eigenvalue weighted by Crippen LogP contribution is 2.38. The second-order valence-electron chi connectivity index (χ2n) is 6.06. The van der Waals surface area contributed by atoms with Crippen LogP contribution in [0.3, 0.4) is 0 Å². The highest BCUT2D eigenvalue weighted by atomic mass is 32.1. The molecule has 3 rings (SSSR count). The maximum Gasteiger partial charge on any atom is 0.225 e. The number of hydrogen-bond acceptors (Lipinski definition) is 3. The first-order valence-corrected chi connectivity index (χ1v) is 7.52. The van der Waals surface area contributed by atoms with Crippen molar-refractivity contribution in [2.75, 3.05) is 10.6 Å². The van der Waals surface area contributed by atoms with Gasteiger partial charge in [-0.15, -0.1) is 0 Å². The number of carbonyl (C=O) groups excluding carboxylic acids is 1. The fourth-order valence-corrected chi connectivity index (χ4v) is 2.94. The summed E-state index contributed by atoms with van der Waals surface area (Å²) in [6.07, 6.45) is 3.92. The fourth-order valence-electron chi connectivity index (χ4n) is 2.69. The van der Waals surface area contributed by atoms with Crippen LogP contribution >= 0.6 is 12.2 Å². The number of pyridine rings is 1. The summed E-state index contributed by atoms with van der Waals surface area (Å²) < 4.78 is 0. The number of fused-ring (bicyclic) bond motifs is 1. The van der Waals surface area contributed by atoms with Crippen LogP contribution in [0.2, 0.25) is 0 Å². The normalized spacial score (nSPS) is 15.6. The predicted molar refractivity (Wildman–Crippen MR) is 92.3 cm³/mol. The molecular formula is C17H17N3OS. The highest BCUT2D eigenvalue weighted by Gasteiger charge is 2.31. The van der Waals surface area contributed by atoms with Gasteiger partial charge in [0, 0.05) is 41.2 Å². The first-order valence-electron chi connectivity index (χ1n) is 7.11. The number of anilines is 2. The molecule has 1 aliphatic rings. The van der Waals surface area contributed by atoms with Crippen LogP contribution in [0.25, 0.3) is 0 Å². The molecule has 5 heteroatoms. The summed E-state index contributed by atoms with van der Waals surface area (Å²) in [5.74, 6) is 0.0607. The summed E-state index contributed by atoms with van der Waals surface area (Å²) >= 11 is 5.42. The molecule has 0 fully saturated rings. The summed E-state index contributed by atoms with van der Waals surface area (Å²) in [5, 5.41) is 6.17. The van der Waals surface area contributed by atoms with Crippen molar-refractivity contribution >= 4 is 34.5 Å². The van der Waals surface area contributed by atoms with Crippen LogP contribution in [0, 0.1) is 0 Å². The van der Waals surface area contributed by atoms with E-state index in [1.54, 1.807) is 12.4 Å². The first kappa shape index (κ1) is 14.7. The van der Waals surface area contributed by atoms with E-state index in [4.69, 9.17) is 12.2 Å². The van der Waals surface area contributed by atoms with E-state index in [9.17, 15) is 4.79 Å². The van der Waals surface area contributed by atoms with E-state index in [1.165, 1.54) is 0 Å². The molecule has 0 spiro atoms. The second kappa shape index (κ2) is 5.50. The number of rotatable bonds is 2. The Hall–Kier alpha value is -2.27. The molecule has 0 radical (unpaired) electrons. The first-order chi connectivity index (χ1) is 10.5. The molecule has 0 atom stereocenters. The summed E-state index contributed by atoms with van der Waals surface area (Å²) in [4.78, 5) is 16.4. The molecule has 1 aliphatic heterocycles. The van der Waals surface area contributed by atoms with E-state index < -0.39 is 0 Å². The summed E-state index contributed by atoms with van der Waals surface area (Å²) in [7, 11) is 0. The third-order valence-electron chi connectivity index (χ3n) is 3.83. The van der Waals surface area contributed by atoms with Gasteiger partial charge in [-0.2, -0.15) is 0 Å². The molecule has 2 aromatic rings. The van der Waals surface area contributed by atoms with E-state index in [1.807, 2.05) is 24.3 Å². The SMILES string of the molecule is CC1(C)CC(=O)Nc2ccc(NC(=S)c3ccncc3)cc21. The Morgan fingerprint density at radius 2 is 2.00 bits per heavy atom. The number of hydrogen-bond donors (Lipinski definition) is 2. The number of carbonyl (C=O) groups is 1. The number of nitrogens with one attached hydrogen (secondary N) is 2.